The molecule has 2 aliphatic heterocycles. The van der Waals surface area contributed by atoms with E-state index in [4.69, 9.17) is 23.8 Å². The number of piperazine rings is 1. The van der Waals surface area contributed by atoms with Gasteiger partial charge < -0.3 is 14.7 Å². The first kappa shape index (κ1) is 24.6. The van der Waals surface area contributed by atoms with Crippen LogP contribution in [0.15, 0.2) is 36.4 Å². The van der Waals surface area contributed by atoms with Crippen LogP contribution in [0.25, 0.3) is 0 Å². The van der Waals surface area contributed by atoms with Crippen molar-refractivity contribution in [3.05, 3.63) is 67.2 Å². The van der Waals surface area contributed by atoms with Crippen molar-refractivity contribution in [2.24, 2.45) is 0 Å². The average molecular weight is 519 g/mol. The standard InChI is InChI=1S/C22H23ClN6O5S/c23-17-14-16(28(31)32)4-6-18(17)26-9-11-27(12-10-26)22(35)24-21(30)15-3-5-19(20(13-15)29(33)34)25-7-1-2-8-25/h3-6,13-14H,1-2,7-12H2,(H,24,30,35). The van der Waals surface area contributed by atoms with Crippen molar-refractivity contribution in [2.45, 2.75) is 12.8 Å². The molecule has 2 saturated heterocycles. The summed E-state index contributed by atoms with van der Waals surface area (Å²) in [7, 11) is 0. The van der Waals surface area contributed by atoms with E-state index in [0.717, 1.165) is 25.9 Å². The number of carbonyl (C=O) groups excluding carboxylic acids is 1. The van der Waals surface area contributed by atoms with Crippen LogP contribution >= 0.6 is 23.8 Å². The van der Waals surface area contributed by atoms with Gasteiger partial charge in [-0.25, -0.2) is 0 Å². The second kappa shape index (κ2) is 10.4. The van der Waals surface area contributed by atoms with Crippen LogP contribution in [0, 0.1) is 20.2 Å². The van der Waals surface area contributed by atoms with Gasteiger partial charge in [0, 0.05) is 63.0 Å². The van der Waals surface area contributed by atoms with E-state index in [2.05, 4.69) is 5.32 Å². The van der Waals surface area contributed by atoms with Gasteiger partial charge in [-0.3, -0.25) is 30.3 Å². The summed E-state index contributed by atoms with van der Waals surface area (Å²) in [5, 5.41) is 25.7. The molecule has 184 valence electrons. The van der Waals surface area contributed by atoms with Gasteiger partial charge in [-0.05, 0) is 43.3 Å². The highest BCUT2D eigenvalue weighted by Crippen LogP contribution is 2.32. The summed E-state index contributed by atoms with van der Waals surface area (Å²) >= 11 is 11.6. The number of benzene rings is 2. The zero-order valence-electron chi connectivity index (χ0n) is 18.7. The maximum Gasteiger partial charge on any atom is 0.293 e. The molecule has 0 spiro atoms. The topological polar surface area (TPSA) is 125 Å². The van der Waals surface area contributed by atoms with E-state index in [1.165, 1.54) is 18.2 Å². The van der Waals surface area contributed by atoms with E-state index in [1.807, 2.05) is 14.7 Å². The summed E-state index contributed by atoms with van der Waals surface area (Å²) in [5.41, 5.74) is 1.21. The zero-order chi connectivity index (χ0) is 25.1. The van der Waals surface area contributed by atoms with Crippen LogP contribution in [0.2, 0.25) is 5.02 Å². The Bertz CT molecular complexity index is 1180. The first-order valence-electron chi connectivity index (χ1n) is 11.1. The highest BCUT2D eigenvalue weighted by molar-refractivity contribution is 7.80. The summed E-state index contributed by atoms with van der Waals surface area (Å²) in [4.78, 5) is 40.1. The zero-order valence-corrected chi connectivity index (χ0v) is 20.3. The van der Waals surface area contributed by atoms with E-state index in [-0.39, 0.29) is 22.1 Å². The third-order valence-corrected chi connectivity index (χ3v) is 6.81. The molecule has 2 fully saturated rings. The van der Waals surface area contributed by atoms with Gasteiger partial charge in [-0.2, -0.15) is 0 Å². The van der Waals surface area contributed by atoms with Crippen LogP contribution in [-0.2, 0) is 0 Å². The molecule has 0 saturated carbocycles. The van der Waals surface area contributed by atoms with Gasteiger partial charge in [0.2, 0.25) is 0 Å². The molecule has 2 heterocycles. The van der Waals surface area contributed by atoms with Gasteiger partial charge in [0.05, 0.1) is 20.6 Å². The van der Waals surface area contributed by atoms with Gasteiger partial charge >= 0.3 is 0 Å². The van der Waals surface area contributed by atoms with Crippen LogP contribution in [0.4, 0.5) is 22.7 Å². The van der Waals surface area contributed by atoms with Gasteiger partial charge in [-0.15, -0.1) is 0 Å². The van der Waals surface area contributed by atoms with E-state index >= 15 is 0 Å². The molecule has 1 amide bonds. The van der Waals surface area contributed by atoms with Crippen LogP contribution in [0.3, 0.4) is 0 Å². The number of rotatable bonds is 5. The summed E-state index contributed by atoms with van der Waals surface area (Å²) in [6.45, 7) is 3.61. The number of nitrogens with one attached hydrogen (secondary N) is 1. The van der Waals surface area contributed by atoms with Crippen LogP contribution < -0.4 is 15.1 Å². The number of hydrogen-bond acceptors (Lipinski definition) is 8. The Morgan fingerprint density at radius 3 is 2.11 bits per heavy atom. The smallest absolute Gasteiger partial charge is 0.293 e. The maximum atomic E-state index is 12.8. The fraction of sp³-hybridized carbons (Fsp3) is 0.364. The third-order valence-electron chi connectivity index (χ3n) is 6.15. The lowest BCUT2D eigenvalue weighted by Gasteiger charge is -2.37. The molecule has 35 heavy (non-hydrogen) atoms. The number of nitrogens with zero attached hydrogens (tertiary/aromatic N) is 5. The minimum absolute atomic E-state index is 0.0741. The maximum absolute atomic E-state index is 12.8. The normalized spacial score (nSPS) is 15.7. The monoisotopic (exact) mass is 518 g/mol. The summed E-state index contributed by atoms with van der Waals surface area (Å²) in [5.74, 6) is -0.507. The SMILES string of the molecule is O=C(NC(=S)N1CCN(c2ccc([N+](=O)[O-])cc2Cl)CC1)c1ccc(N2CCCC2)c([N+](=O)[O-])c1. The quantitative estimate of drug-likeness (QED) is 0.359. The Morgan fingerprint density at radius 1 is 0.886 bits per heavy atom. The third kappa shape index (κ3) is 5.43. The number of nitro benzene ring substituents is 2. The van der Waals surface area contributed by atoms with Crippen LogP contribution in [-0.4, -0.2) is 65.0 Å². The first-order chi connectivity index (χ1) is 16.7. The highest BCUT2D eigenvalue weighted by Gasteiger charge is 2.26. The molecule has 2 aromatic carbocycles. The number of halogens is 1. The molecule has 2 aliphatic rings. The van der Waals surface area contributed by atoms with E-state index in [1.54, 1.807) is 18.2 Å². The van der Waals surface area contributed by atoms with E-state index in [9.17, 15) is 25.0 Å². The Morgan fingerprint density at radius 2 is 1.51 bits per heavy atom. The van der Waals surface area contributed by atoms with Gasteiger partial charge in [0.25, 0.3) is 17.3 Å². The molecular formula is C22H23ClN6O5S. The van der Waals surface area contributed by atoms with Crippen molar-refractivity contribution in [1.82, 2.24) is 10.2 Å². The molecule has 13 heteroatoms. The number of nitro groups is 2. The number of thiocarbonyl (C=S) groups is 1. The second-order valence-corrected chi connectivity index (χ2v) is 9.07. The van der Waals surface area contributed by atoms with Crippen LogP contribution in [0.1, 0.15) is 23.2 Å². The van der Waals surface area contributed by atoms with Crippen molar-refractivity contribution < 1.29 is 14.6 Å². The molecule has 4 rings (SSSR count). The van der Waals surface area contributed by atoms with Crippen molar-refractivity contribution in [3.63, 3.8) is 0 Å². The van der Waals surface area contributed by atoms with Crippen molar-refractivity contribution in [3.8, 4) is 0 Å². The lowest BCUT2D eigenvalue weighted by Crippen LogP contribution is -2.52. The van der Waals surface area contributed by atoms with Gasteiger partial charge in [0.1, 0.15) is 5.69 Å². The summed E-state index contributed by atoms with van der Waals surface area (Å²) in [6.07, 6.45) is 1.97. The molecule has 1 N–H and O–H groups in total. The molecule has 0 radical (unpaired) electrons. The summed E-state index contributed by atoms with van der Waals surface area (Å²) < 4.78 is 0. The lowest BCUT2D eigenvalue weighted by molar-refractivity contribution is -0.384. The number of anilines is 2. The minimum Gasteiger partial charge on any atom is -0.367 e. The largest absolute Gasteiger partial charge is 0.367 e. The Labute approximate surface area is 211 Å². The van der Waals surface area contributed by atoms with E-state index < -0.39 is 15.8 Å². The van der Waals surface area contributed by atoms with Crippen molar-refractivity contribution in [1.29, 1.82) is 0 Å². The van der Waals surface area contributed by atoms with Crippen molar-refractivity contribution >= 4 is 57.6 Å². The minimum atomic E-state index is -0.507. The Balaban J connectivity index is 1.37. The predicted molar refractivity (Wildman–Crippen MR) is 136 cm³/mol. The molecule has 0 aromatic heterocycles. The predicted octanol–water partition coefficient (Wildman–Crippen LogP) is 3.59. The molecule has 2 aromatic rings. The number of hydrogen-bond donors (Lipinski definition) is 1. The second-order valence-electron chi connectivity index (χ2n) is 8.28. The fourth-order valence-electron chi connectivity index (χ4n) is 4.30. The summed E-state index contributed by atoms with van der Waals surface area (Å²) in [6, 6.07) is 8.84. The number of non-ortho nitro benzene ring substituents is 1. The molecule has 0 atom stereocenters. The number of carbonyl (C=O) groups is 1. The number of amides is 1. The lowest BCUT2D eigenvalue weighted by atomic mass is 10.1. The molecule has 0 aliphatic carbocycles. The average Bonchev–Trinajstić information content (AvgIpc) is 3.38. The highest BCUT2D eigenvalue weighted by atomic mass is 35.5. The molecule has 0 unspecified atom stereocenters. The molecular weight excluding hydrogens is 496 g/mol. The molecule has 11 nitrogen and oxygen atoms in total. The fourth-order valence-corrected chi connectivity index (χ4v) is 4.87. The van der Waals surface area contributed by atoms with Gasteiger partial charge in [-0.1, -0.05) is 11.6 Å². The molecule has 0 bridgehead atoms. The Kier molecular flexibility index (Phi) is 7.31. The Hall–Kier alpha value is -3.51. The van der Waals surface area contributed by atoms with Gasteiger partial charge in [0.15, 0.2) is 5.11 Å². The van der Waals surface area contributed by atoms with Crippen LogP contribution in [0.5, 0.6) is 0 Å². The first-order valence-corrected chi connectivity index (χ1v) is 11.9. The van der Waals surface area contributed by atoms with E-state index in [0.29, 0.717) is 42.6 Å². The van der Waals surface area contributed by atoms with Crippen molar-refractivity contribution in [2.75, 3.05) is 49.1 Å².